The molecule has 0 aromatic heterocycles. The molecule has 0 bridgehead atoms. The third kappa shape index (κ3) is 4.04. The Bertz CT molecular complexity index is 459. The predicted molar refractivity (Wildman–Crippen MR) is 81.6 cm³/mol. The molecule has 1 saturated carbocycles. The Hall–Kier alpha value is -1.42. The molecule has 20 heavy (non-hydrogen) atoms. The molecule has 5 heteroatoms. The summed E-state index contributed by atoms with van der Waals surface area (Å²) in [6.45, 7) is 0.731. The third-order valence-corrected chi connectivity index (χ3v) is 3.99. The van der Waals surface area contributed by atoms with Crippen molar-refractivity contribution < 1.29 is 9.53 Å². The molecule has 0 aliphatic heterocycles. The zero-order chi connectivity index (χ0) is 14.4. The number of urea groups is 1. The van der Waals surface area contributed by atoms with Crippen molar-refractivity contribution in [1.82, 2.24) is 5.32 Å². The van der Waals surface area contributed by atoms with Gasteiger partial charge in [-0.25, -0.2) is 4.79 Å². The number of ether oxygens (including phenoxy) is 1. The van der Waals surface area contributed by atoms with Gasteiger partial charge in [0.25, 0.3) is 0 Å². The summed E-state index contributed by atoms with van der Waals surface area (Å²) in [6, 6.07) is 5.06. The molecule has 1 aromatic rings. The van der Waals surface area contributed by atoms with Crippen molar-refractivity contribution in [1.29, 1.82) is 0 Å². The van der Waals surface area contributed by atoms with E-state index in [9.17, 15) is 4.79 Å². The summed E-state index contributed by atoms with van der Waals surface area (Å²) in [5, 5.41) is 6.19. The minimum absolute atomic E-state index is 0.212. The minimum Gasteiger partial charge on any atom is -0.493 e. The molecule has 2 rings (SSSR count). The van der Waals surface area contributed by atoms with Crippen molar-refractivity contribution in [3.8, 4) is 5.75 Å². The van der Waals surface area contributed by atoms with Gasteiger partial charge in [-0.2, -0.15) is 0 Å². The van der Waals surface area contributed by atoms with Gasteiger partial charge in [0, 0.05) is 6.54 Å². The minimum atomic E-state index is -0.212. The van der Waals surface area contributed by atoms with Gasteiger partial charge in [-0.05, 0) is 30.9 Å². The third-order valence-electron chi connectivity index (χ3n) is 3.70. The SMILES string of the molecule is COc1c(Cl)cccc1NC(=O)NCC1CCCCC1. The maximum atomic E-state index is 11.9. The van der Waals surface area contributed by atoms with Gasteiger partial charge in [0.2, 0.25) is 0 Å². The highest BCUT2D eigenvalue weighted by molar-refractivity contribution is 6.32. The average Bonchev–Trinajstić information content (AvgIpc) is 2.46. The predicted octanol–water partition coefficient (Wildman–Crippen LogP) is 4.05. The summed E-state index contributed by atoms with van der Waals surface area (Å²) < 4.78 is 5.20. The van der Waals surface area contributed by atoms with E-state index < -0.39 is 0 Å². The summed E-state index contributed by atoms with van der Waals surface area (Å²) in [6.07, 6.45) is 6.29. The van der Waals surface area contributed by atoms with Crippen molar-refractivity contribution >= 4 is 23.3 Å². The molecule has 2 N–H and O–H groups in total. The standard InChI is InChI=1S/C15H21ClN2O2/c1-20-14-12(16)8-5-9-13(14)18-15(19)17-10-11-6-3-2-4-7-11/h5,8-9,11H,2-4,6-7,10H2,1H3,(H2,17,18,19). The van der Waals surface area contributed by atoms with Crippen LogP contribution in [0.25, 0.3) is 0 Å². The monoisotopic (exact) mass is 296 g/mol. The van der Waals surface area contributed by atoms with Gasteiger partial charge in [-0.1, -0.05) is 36.9 Å². The zero-order valence-corrected chi connectivity index (χ0v) is 12.5. The molecule has 4 nitrogen and oxygen atoms in total. The van der Waals surface area contributed by atoms with E-state index in [2.05, 4.69) is 10.6 Å². The summed E-state index contributed by atoms with van der Waals surface area (Å²) in [5.41, 5.74) is 0.584. The van der Waals surface area contributed by atoms with E-state index in [1.165, 1.54) is 39.2 Å². The highest BCUT2D eigenvalue weighted by Crippen LogP contribution is 2.32. The van der Waals surface area contributed by atoms with Crippen LogP contribution in [0.1, 0.15) is 32.1 Å². The largest absolute Gasteiger partial charge is 0.493 e. The molecule has 1 aliphatic rings. The second-order valence-corrected chi connectivity index (χ2v) is 5.57. The fourth-order valence-electron chi connectivity index (χ4n) is 2.61. The van der Waals surface area contributed by atoms with E-state index in [-0.39, 0.29) is 6.03 Å². The van der Waals surface area contributed by atoms with Crippen molar-refractivity contribution in [3.63, 3.8) is 0 Å². The van der Waals surface area contributed by atoms with Gasteiger partial charge in [-0.3, -0.25) is 0 Å². The summed E-state index contributed by atoms with van der Waals surface area (Å²) in [7, 11) is 1.53. The van der Waals surface area contributed by atoms with Crippen LogP contribution in [0.4, 0.5) is 10.5 Å². The Kier molecular flexibility index (Phi) is 5.53. The van der Waals surface area contributed by atoms with E-state index in [0.717, 1.165) is 6.54 Å². The number of anilines is 1. The van der Waals surface area contributed by atoms with Gasteiger partial charge in [0.15, 0.2) is 5.75 Å². The van der Waals surface area contributed by atoms with Crippen LogP contribution in [0.5, 0.6) is 5.75 Å². The van der Waals surface area contributed by atoms with Crippen molar-refractivity contribution in [3.05, 3.63) is 23.2 Å². The van der Waals surface area contributed by atoms with E-state index >= 15 is 0 Å². The zero-order valence-electron chi connectivity index (χ0n) is 11.7. The molecule has 0 radical (unpaired) electrons. The number of rotatable bonds is 4. The van der Waals surface area contributed by atoms with Crippen molar-refractivity contribution in [2.24, 2.45) is 5.92 Å². The molecule has 1 aliphatic carbocycles. The lowest BCUT2D eigenvalue weighted by molar-refractivity contribution is 0.247. The van der Waals surface area contributed by atoms with Gasteiger partial charge in [0.1, 0.15) is 0 Å². The Morgan fingerprint density at radius 2 is 2.10 bits per heavy atom. The van der Waals surface area contributed by atoms with Crippen molar-refractivity contribution in [2.45, 2.75) is 32.1 Å². The lowest BCUT2D eigenvalue weighted by atomic mass is 9.89. The maximum absolute atomic E-state index is 11.9. The highest BCUT2D eigenvalue weighted by atomic mass is 35.5. The van der Waals surface area contributed by atoms with Crippen molar-refractivity contribution in [2.75, 3.05) is 19.0 Å². The van der Waals surface area contributed by atoms with Crippen LogP contribution in [0, 0.1) is 5.92 Å². The molecule has 2 amide bonds. The fourth-order valence-corrected chi connectivity index (χ4v) is 2.86. The average molecular weight is 297 g/mol. The van der Waals surface area contributed by atoms with Crippen LogP contribution in [-0.2, 0) is 0 Å². The fraction of sp³-hybridized carbons (Fsp3) is 0.533. The number of amides is 2. The van der Waals surface area contributed by atoms with E-state index in [1.807, 2.05) is 0 Å². The Labute approximate surface area is 124 Å². The lowest BCUT2D eigenvalue weighted by Crippen LogP contribution is -2.33. The topological polar surface area (TPSA) is 50.4 Å². The van der Waals surface area contributed by atoms with Gasteiger partial charge in [0.05, 0.1) is 17.8 Å². The number of halogens is 1. The van der Waals surface area contributed by atoms with Crippen LogP contribution in [0.2, 0.25) is 5.02 Å². The first kappa shape index (κ1) is 15.0. The normalized spacial score (nSPS) is 15.7. The molecule has 110 valence electrons. The van der Waals surface area contributed by atoms with Crippen LogP contribution < -0.4 is 15.4 Å². The number of para-hydroxylation sites is 1. The number of carbonyl (C=O) groups is 1. The van der Waals surface area contributed by atoms with Gasteiger partial charge in [-0.15, -0.1) is 0 Å². The van der Waals surface area contributed by atoms with Crippen LogP contribution in [0.3, 0.4) is 0 Å². The molecule has 0 atom stereocenters. The number of benzene rings is 1. The van der Waals surface area contributed by atoms with Crippen LogP contribution in [0.15, 0.2) is 18.2 Å². The summed E-state index contributed by atoms with van der Waals surface area (Å²) in [5.74, 6) is 1.10. The summed E-state index contributed by atoms with van der Waals surface area (Å²) >= 11 is 6.02. The molecular weight excluding hydrogens is 276 g/mol. The number of nitrogens with one attached hydrogen (secondary N) is 2. The second-order valence-electron chi connectivity index (χ2n) is 5.16. The Morgan fingerprint density at radius 3 is 2.80 bits per heavy atom. The quantitative estimate of drug-likeness (QED) is 0.880. The van der Waals surface area contributed by atoms with E-state index in [1.54, 1.807) is 18.2 Å². The molecule has 1 fully saturated rings. The number of methoxy groups -OCH3 is 1. The molecule has 0 spiro atoms. The highest BCUT2D eigenvalue weighted by Gasteiger charge is 2.15. The molecule has 0 saturated heterocycles. The van der Waals surface area contributed by atoms with E-state index in [4.69, 9.17) is 16.3 Å². The first-order valence-electron chi connectivity index (χ1n) is 7.08. The smallest absolute Gasteiger partial charge is 0.319 e. The molecule has 0 unspecified atom stereocenters. The lowest BCUT2D eigenvalue weighted by Gasteiger charge is -2.22. The van der Waals surface area contributed by atoms with Gasteiger partial charge >= 0.3 is 6.03 Å². The molecular formula is C15H21ClN2O2. The molecule has 1 aromatic carbocycles. The molecule has 0 heterocycles. The van der Waals surface area contributed by atoms with Crippen LogP contribution >= 0.6 is 11.6 Å². The number of carbonyl (C=O) groups excluding carboxylic acids is 1. The second kappa shape index (κ2) is 7.39. The first-order chi connectivity index (χ1) is 9.70. The summed E-state index contributed by atoms with van der Waals surface area (Å²) in [4.78, 5) is 11.9. The number of hydrogen-bond donors (Lipinski definition) is 2. The van der Waals surface area contributed by atoms with Crippen LogP contribution in [-0.4, -0.2) is 19.7 Å². The van der Waals surface area contributed by atoms with Gasteiger partial charge < -0.3 is 15.4 Å². The first-order valence-corrected chi connectivity index (χ1v) is 7.46. The Balaban J connectivity index is 1.86. The maximum Gasteiger partial charge on any atom is 0.319 e. The number of hydrogen-bond acceptors (Lipinski definition) is 2. The Morgan fingerprint density at radius 1 is 1.35 bits per heavy atom. The van der Waals surface area contributed by atoms with E-state index in [0.29, 0.717) is 22.4 Å².